The molecule has 0 aliphatic heterocycles. The normalized spacial score (nSPS) is 19.6. The third-order valence-electron chi connectivity index (χ3n) is 2.24. The van der Waals surface area contributed by atoms with E-state index in [1.165, 1.54) is 6.42 Å². The van der Waals surface area contributed by atoms with E-state index in [2.05, 4.69) is 0 Å². The SMILES string of the molecule is CC.CSC1CCCC=C1C(=O)OC(C)C. The van der Waals surface area contributed by atoms with E-state index < -0.39 is 0 Å². The molecule has 1 atom stereocenters. The molecule has 0 fully saturated rings. The van der Waals surface area contributed by atoms with E-state index in [1.807, 2.05) is 40.0 Å². The molecule has 1 unspecified atom stereocenters. The lowest BCUT2D eigenvalue weighted by Gasteiger charge is -2.21. The monoisotopic (exact) mass is 244 g/mol. The zero-order valence-electron chi connectivity index (χ0n) is 11.1. The van der Waals surface area contributed by atoms with E-state index in [4.69, 9.17) is 4.74 Å². The number of ether oxygens (including phenoxy) is 1. The topological polar surface area (TPSA) is 26.3 Å². The number of hydrogen-bond acceptors (Lipinski definition) is 3. The summed E-state index contributed by atoms with van der Waals surface area (Å²) in [6.07, 6.45) is 7.36. The van der Waals surface area contributed by atoms with Crippen LogP contribution in [0, 0.1) is 0 Å². The second-order valence-electron chi connectivity index (χ2n) is 3.77. The van der Waals surface area contributed by atoms with Crippen molar-refractivity contribution in [3.63, 3.8) is 0 Å². The minimum Gasteiger partial charge on any atom is -0.460 e. The molecule has 0 N–H and O–H groups in total. The molecule has 16 heavy (non-hydrogen) atoms. The summed E-state index contributed by atoms with van der Waals surface area (Å²) in [6.45, 7) is 7.77. The predicted molar refractivity (Wildman–Crippen MR) is 71.8 cm³/mol. The van der Waals surface area contributed by atoms with Crippen molar-refractivity contribution in [2.24, 2.45) is 0 Å². The van der Waals surface area contributed by atoms with Crippen LogP contribution in [0.15, 0.2) is 11.6 Å². The number of allylic oxidation sites excluding steroid dienone is 1. The summed E-state index contributed by atoms with van der Waals surface area (Å²) >= 11 is 1.74. The Kier molecular flexibility index (Phi) is 8.44. The quantitative estimate of drug-likeness (QED) is 0.706. The number of rotatable bonds is 3. The molecule has 0 heterocycles. The van der Waals surface area contributed by atoms with Gasteiger partial charge in [0.05, 0.1) is 6.10 Å². The van der Waals surface area contributed by atoms with Crippen LogP contribution in [0.4, 0.5) is 0 Å². The molecule has 1 aliphatic rings. The van der Waals surface area contributed by atoms with Gasteiger partial charge in [0.2, 0.25) is 0 Å². The van der Waals surface area contributed by atoms with Crippen LogP contribution in [0.1, 0.15) is 47.0 Å². The van der Waals surface area contributed by atoms with Gasteiger partial charge in [0.1, 0.15) is 0 Å². The second kappa shape index (κ2) is 8.68. The first kappa shape index (κ1) is 15.6. The Morgan fingerprint density at radius 1 is 1.50 bits per heavy atom. The maximum absolute atomic E-state index is 11.7. The molecule has 0 amide bonds. The summed E-state index contributed by atoms with van der Waals surface area (Å²) in [7, 11) is 0. The number of carbonyl (C=O) groups excluding carboxylic acids is 1. The number of carbonyl (C=O) groups is 1. The molecule has 0 aromatic carbocycles. The number of esters is 1. The molecule has 0 radical (unpaired) electrons. The van der Waals surface area contributed by atoms with Crippen molar-refractivity contribution >= 4 is 17.7 Å². The summed E-state index contributed by atoms with van der Waals surface area (Å²) in [5, 5.41) is 0.343. The van der Waals surface area contributed by atoms with E-state index >= 15 is 0 Å². The Morgan fingerprint density at radius 3 is 2.62 bits per heavy atom. The van der Waals surface area contributed by atoms with Crippen molar-refractivity contribution in [3.8, 4) is 0 Å². The van der Waals surface area contributed by atoms with Crippen LogP contribution >= 0.6 is 11.8 Å². The highest BCUT2D eigenvalue weighted by atomic mass is 32.2. The maximum Gasteiger partial charge on any atom is 0.335 e. The average molecular weight is 244 g/mol. The standard InChI is InChI=1S/C11H18O2S.C2H6/c1-8(2)13-11(12)9-6-4-5-7-10(9)14-3;1-2/h6,8,10H,4-5,7H2,1-3H3;1-2H3. The minimum atomic E-state index is -0.126. The van der Waals surface area contributed by atoms with Gasteiger partial charge in [-0.2, -0.15) is 11.8 Å². The van der Waals surface area contributed by atoms with Crippen molar-refractivity contribution in [2.75, 3.05) is 6.26 Å². The molecule has 0 saturated heterocycles. The molecule has 3 heteroatoms. The van der Waals surface area contributed by atoms with Crippen molar-refractivity contribution in [3.05, 3.63) is 11.6 Å². The molecule has 0 aromatic rings. The molecule has 0 aromatic heterocycles. The highest BCUT2D eigenvalue weighted by Gasteiger charge is 2.24. The van der Waals surface area contributed by atoms with Crippen molar-refractivity contribution in [1.82, 2.24) is 0 Å². The fourth-order valence-corrected chi connectivity index (χ4v) is 2.44. The molecule has 0 saturated carbocycles. The first-order valence-electron chi connectivity index (χ1n) is 6.09. The lowest BCUT2D eigenvalue weighted by molar-refractivity contribution is -0.142. The molecule has 2 nitrogen and oxygen atoms in total. The Bertz CT molecular complexity index is 234. The molecule has 0 bridgehead atoms. The lowest BCUT2D eigenvalue weighted by atomic mass is 9.99. The Hall–Kier alpha value is -0.440. The second-order valence-corrected chi connectivity index (χ2v) is 4.81. The van der Waals surface area contributed by atoms with Gasteiger partial charge < -0.3 is 4.74 Å². The van der Waals surface area contributed by atoms with Gasteiger partial charge in [0, 0.05) is 10.8 Å². The summed E-state index contributed by atoms with van der Waals surface area (Å²) in [5.74, 6) is -0.126. The van der Waals surface area contributed by atoms with Crippen LogP contribution in [-0.2, 0) is 9.53 Å². The number of thioether (sulfide) groups is 1. The van der Waals surface area contributed by atoms with Gasteiger partial charge in [0.15, 0.2) is 0 Å². The van der Waals surface area contributed by atoms with Gasteiger partial charge in [0.25, 0.3) is 0 Å². The first-order valence-corrected chi connectivity index (χ1v) is 7.37. The van der Waals surface area contributed by atoms with Gasteiger partial charge in [-0.25, -0.2) is 4.79 Å². The average Bonchev–Trinajstić information content (AvgIpc) is 2.30. The molecule has 1 aliphatic carbocycles. The van der Waals surface area contributed by atoms with Crippen LogP contribution in [0.5, 0.6) is 0 Å². The van der Waals surface area contributed by atoms with Crippen LogP contribution in [0.3, 0.4) is 0 Å². The molecular formula is C13H24O2S. The Labute approximate surface area is 104 Å². The summed E-state index contributed by atoms with van der Waals surface area (Å²) in [4.78, 5) is 11.7. The summed E-state index contributed by atoms with van der Waals surface area (Å²) in [6, 6.07) is 0. The Balaban J connectivity index is 0.00000106. The zero-order valence-corrected chi connectivity index (χ0v) is 11.9. The van der Waals surface area contributed by atoms with E-state index in [9.17, 15) is 4.79 Å². The summed E-state index contributed by atoms with van der Waals surface area (Å²) in [5.41, 5.74) is 0.873. The minimum absolute atomic E-state index is 0.0205. The third kappa shape index (κ3) is 5.06. The van der Waals surface area contributed by atoms with E-state index in [0.29, 0.717) is 5.25 Å². The smallest absolute Gasteiger partial charge is 0.335 e. The Morgan fingerprint density at radius 2 is 2.12 bits per heavy atom. The van der Waals surface area contributed by atoms with Gasteiger partial charge >= 0.3 is 5.97 Å². The highest BCUT2D eigenvalue weighted by Crippen LogP contribution is 2.28. The predicted octanol–water partition coefficient (Wildman–Crippen LogP) is 3.81. The van der Waals surface area contributed by atoms with E-state index in [-0.39, 0.29) is 12.1 Å². The van der Waals surface area contributed by atoms with Gasteiger partial charge in [-0.1, -0.05) is 19.9 Å². The van der Waals surface area contributed by atoms with Crippen molar-refractivity contribution in [2.45, 2.75) is 58.3 Å². The molecule has 1 rings (SSSR count). The zero-order chi connectivity index (χ0) is 12.6. The summed E-state index contributed by atoms with van der Waals surface area (Å²) < 4.78 is 5.20. The van der Waals surface area contributed by atoms with Crippen molar-refractivity contribution < 1.29 is 9.53 Å². The third-order valence-corrected chi connectivity index (χ3v) is 3.30. The first-order chi connectivity index (χ1) is 7.65. The van der Waals surface area contributed by atoms with Gasteiger partial charge in [-0.15, -0.1) is 0 Å². The van der Waals surface area contributed by atoms with Crippen LogP contribution in [-0.4, -0.2) is 23.6 Å². The maximum atomic E-state index is 11.7. The fourth-order valence-electron chi connectivity index (χ4n) is 1.59. The fraction of sp³-hybridized carbons (Fsp3) is 0.769. The van der Waals surface area contributed by atoms with Crippen LogP contribution in [0.2, 0.25) is 0 Å². The van der Waals surface area contributed by atoms with Crippen LogP contribution < -0.4 is 0 Å². The van der Waals surface area contributed by atoms with Gasteiger partial charge in [-0.3, -0.25) is 0 Å². The highest BCUT2D eigenvalue weighted by molar-refractivity contribution is 7.99. The van der Waals surface area contributed by atoms with E-state index in [1.54, 1.807) is 11.8 Å². The van der Waals surface area contributed by atoms with Crippen LogP contribution in [0.25, 0.3) is 0 Å². The lowest BCUT2D eigenvalue weighted by Crippen LogP contribution is -2.22. The number of hydrogen-bond donors (Lipinski definition) is 0. The molecule has 0 spiro atoms. The van der Waals surface area contributed by atoms with E-state index in [0.717, 1.165) is 18.4 Å². The molecule has 94 valence electrons. The molecular weight excluding hydrogens is 220 g/mol. The van der Waals surface area contributed by atoms with Gasteiger partial charge in [-0.05, 0) is 39.4 Å². The van der Waals surface area contributed by atoms with Crippen molar-refractivity contribution in [1.29, 1.82) is 0 Å². The largest absolute Gasteiger partial charge is 0.460 e.